The molecule has 0 saturated heterocycles. The van der Waals surface area contributed by atoms with Crippen molar-refractivity contribution in [3.05, 3.63) is 59.5 Å². The number of benzene rings is 1. The van der Waals surface area contributed by atoms with E-state index in [1.807, 2.05) is 24.3 Å². The van der Waals surface area contributed by atoms with E-state index in [0.717, 1.165) is 22.3 Å². The Morgan fingerprint density at radius 1 is 1.18 bits per heavy atom. The van der Waals surface area contributed by atoms with Crippen LogP contribution in [0.15, 0.2) is 59.5 Å². The summed E-state index contributed by atoms with van der Waals surface area (Å²) < 4.78 is 5.66. The Kier molecular flexibility index (Phi) is 6.28. The quantitative estimate of drug-likeness (QED) is 0.444. The molecule has 0 unspecified atom stereocenters. The van der Waals surface area contributed by atoms with Crippen molar-refractivity contribution in [1.29, 1.82) is 0 Å². The van der Waals surface area contributed by atoms with Gasteiger partial charge < -0.3 is 15.4 Å². The lowest BCUT2D eigenvalue weighted by Crippen LogP contribution is -2.11. The maximum atomic E-state index is 12.0. The number of nitrogens with one attached hydrogen (secondary N) is 2. The molecule has 28 heavy (non-hydrogen) atoms. The van der Waals surface area contributed by atoms with Crippen LogP contribution in [0, 0.1) is 0 Å². The molecule has 0 aliphatic rings. The second-order valence-corrected chi connectivity index (χ2v) is 6.43. The van der Waals surface area contributed by atoms with Crippen LogP contribution >= 0.6 is 15.9 Å². The predicted molar refractivity (Wildman–Crippen MR) is 109 cm³/mol. The SMILES string of the molecule is CCOC(=O)C=CC(=O)Nc1cc2c(Nc3cccc(Br)c3)ncnc2cn1. The zero-order chi connectivity index (χ0) is 19.9. The van der Waals surface area contributed by atoms with Crippen LogP contribution in [0.25, 0.3) is 10.9 Å². The minimum Gasteiger partial charge on any atom is -0.463 e. The summed E-state index contributed by atoms with van der Waals surface area (Å²) in [4.78, 5) is 35.9. The summed E-state index contributed by atoms with van der Waals surface area (Å²) in [5.74, 6) is -0.211. The topological polar surface area (TPSA) is 106 Å². The first-order chi connectivity index (χ1) is 13.5. The van der Waals surface area contributed by atoms with E-state index in [4.69, 9.17) is 4.74 Å². The molecule has 0 spiro atoms. The first-order valence-corrected chi connectivity index (χ1v) is 9.13. The number of nitrogens with zero attached hydrogens (tertiary/aromatic N) is 3. The Bertz CT molecular complexity index is 1050. The number of carbonyl (C=O) groups excluding carboxylic acids is 2. The molecule has 0 atom stereocenters. The number of pyridine rings is 1. The zero-order valence-corrected chi connectivity index (χ0v) is 16.4. The number of amides is 1. The first kappa shape index (κ1) is 19.4. The fourth-order valence-electron chi connectivity index (χ4n) is 2.33. The molecule has 1 amide bonds. The summed E-state index contributed by atoms with van der Waals surface area (Å²) >= 11 is 3.43. The van der Waals surface area contributed by atoms with Crippen molar-refractivity contribution in [2.24, 2.45) is 0 Å². The maximum absolute atomic E-state index is 12.0. The van der Waals surface area contributed by atoms with E-state index in [-0.39, 0.29) is 6.61 Å². The van der Waals surface area contributed by atoms with Crippen molar-refractivity contribution in [2.45, 2.75) is 6.92 Å². The van der Waals surface area contributed by atoms with Crippen LogP contribution in [-0.4, -0.2) is 33.4 Å². The third kappa shape index (κ3) is 5.10. The molecule has 1 aromatic carbocycles. The number of esters is 1. The van der Waals surface area contributed by atoms with Crippen molar-refractivity contribution in [1.82, 2.24) is 15.0 Å². The van der Waals surface area contributed by atoms with E-state index in [2.05, 4.69) is 41.5 Å². The Balaban J connectivity index is 1.82. The van der Waals surface area contributed by atoms with Crippen LogP contribution < -0.4 is 10.6 Å². The largest absolute Gasteiger partial charge is 0.463 e. The standard InChI is InChI=1S/C19H16BrN5O3/c1-2-28-18(27)7-6-17(26)25-16-9-14-15(10-21-16)22-11-23-19(14)24-13-5-3-4-12(20)8-13/h3-11H,2H2,1H3,(H,21,25,26)(H,22,23,24). The van der Waals surface area contributed by atoms with Gasteiger partial charge >= 0.3 is 5.97 Å². The van der Waals surface area contributed by atoms with Crippen LogP contribution in [0.2, 0.25) is 0 Å². The molecule has 2 aromatic heterocycles. The van der Waals surface area contributed by atoms with Gasteiger partial charge in [0.05, 0.1) is 18.3 Å². The maximum Gasteiger partial charge on any atom is 0.330 e. The van der Waals surface area contributed by atoms with Crippen molar-refractivity contribution in [2.75, 3.05) is 17.2 Å². The average molecular weight is 442 g/mol. The third-order valence-electron chi connectivity index (χ3n) is 3.52. The number of anilines is 3. The van der Waals surface area contributed by atoms with Gasteiger partial charge in [0.2, 0.25) is 5.91 Å². The molecule has 2 N–H and O–H groups in total. The number of aromatic nitrogens is 3. The smallest absolute Gasteiger partial charge is 0.330 e. The zero-order valence-electron chi connectivity index (χ0n) is 14.8. The van der Waals surface area contributed by atoms with Gasteiger partial charge in [0.25, 0.3) is 0 Å². The van der Waals surface area contributed by atoms with E-state index < -0.39 is 11.9 Å². The van der Waals surface area contributed by atoms with E-state index in [1.165, 1.54) is 12.5 Å². The number of rotatable bonds is 6. The minimum atomic E-state index is -0.585. The van der Waals surface area contributed by atoms with E-state index in [1.54, 1.807) is 13.0 Å². The molecule has 0 aliphatic heterocycles. The molecule has 3 rings (SSSR count). The summed E-state index contributed by atoms with van der Waals surface area (Å²) in [5, 5.41) is 6.50. The third-order valence-corrected chi connectivity index (χ3v) is 4.01. The van der Waals surface area contributed by atoms with Gasteiger partial charge in [-0.2, -0.15) is 0 Å². The van der Waals surface area contributed by atoms with Crippen molar-refractivity contribution in [3.63, 3.8) is 0 Å². The monoisotopic (exact) mass is 441 g/mol. The lowest BCUT2D eigenvalue weighted by Gasteiger charge is -2.09. The molecule has 0 fully saturated rings. The first-order valence-electron chi connectivity index (χ1n) is 8.34. The van der Waals surface area contributed by atoms with Gasteiger partial charge in [-0.25, -0.2) is 19.7 Å². The molecule has 0 radical (unpaired) electrons. The Hall–Kier alpha value is -3.33. The number of fused-ring (bicyclic) bond motifs is 1. The molecule has 0 saturated carbocycles. The van der Waals surface area contributed by atoms with Crippen molar-refractivity contribution in [3.8, 4) is 0 Å². The van der Waals surface area contributed by atoms with E-state index in [0.29, 0.717) is 22.5 Å². The molecule has 0 aliphatic carbocycles. The normalized spacial score (nSPS) is 10.8. The second-order valence-electron chi connectivity index (χ2n) is 5.52. The Labute approximate surface area is 169 Å². The van der Waals surface area contributed by atoms with Gasteiger partial charge in [-0.15, -0.1) is 0 Å². The van der Waals surface area contributed by atoms with Gasteiger partial charge in [0, 0.05) is 27.7 Å². The highest BCUT2D eigenvalue weighted by Gasteiger charge is 2.08. The molecule has 9 heteroatoms. The van der Waals surface area contributed by atoms with Crippen LogP contribution in [0.5, 0.6) is 0 Å². The number of carbonyl (C=O) groups is 2. The van der Waals surface area contributed by atoms with Crippen LogP contribution in [0.1, 0.15) is 6.92 Å². The summed E-state index contributed by atoms with van der Waals surface area (Å²) in [6, 6.07) is 9.30. The molecular weight excluding hydrogens is 426 g/mol. The fraction of sp³-hybridized carbons (Fsp3) is 0.105. The highest BCUT2D eigenvalue weighted by molar-refractivity contribution is 9.10. The van der Waals surface area contributed by atoms with Gasteiger partial charge in [-0.3, -0.25) is 4.79 Å². The fourth-order valence-corrected chi connectivity index (χ4v) is 2.73. The van der Waals surface area contributed by atoms with E-state index in [9.17, 15) is 9.59 Å². The molecule has 142 valence electrons. The highest BCUT2D eigenvalue weighted by atomic mass is 79.9. The van der Waals surface area contributed by atoms with Crippen molar-refractivity contribution >= 4 is 56.0 Å². The lowest BCUT2D eigenvalue weighted by atomic mass is 10.2. The summed E-state index contributed by atoms with van der Waals surface area (Å²) in [5.41, 5.74) is 1.46. The molecule has 0 bridgehead atoms. The molecule has 2 heterocycles. The number of ether oxygens (including phenoxy) is 1. The van der Waals surface area contributed by atoms with Gasteiger partial charge in [0.15, 0.2) is 0 Å². The lowest BCUT2D eigenvalue weighted by molar-refractivity contribution is -0.137. The Morgan fingerprint density at radius 2 is 2.04 bits per heavy atom. The van der Waals surface area contributed by atoms with E-state index >= 15 is 0 Å². The predicted octanol–water partition coefficient (Wildman–Crippen LogP) is 3.59. The van der Waals surface area contributed by atoms with Crippen LogP contribution in [0.4, 0.5) is 17.3 Å². The molecular formula is C19H16BrN5O3. The van der Waals surface area contributed by atoms with Crippen molar-refractivity contribution < 1.29 is 14.3 Å². The van der Waals surface area contributed by atoms with Gasteiger partial charge in [0.1, 0.15) is 18.0 Å². The molecule has 8 nitrogen and oxygen atoms in total. The Morgan fingerprint density at radius 3 is 2.82 bits per heavy atom. The summed E-state index contributed by atoms with van der Waals surface area (Å²) in [6.45, 7) is 1.93. The summed E-state index contributed by atoms with van der Waals surface area (Å²) in [6.07, 6.45) is 5.12. The number of halogens is 1. The summed E-state index contributed by atoms with van der Waals surface area (Å²) in [7, 11) is 0. The average Bonchev–Trinajstić information content (AvgIpc) is 2.67. The van der Waals surface area contributed by atoms with Gasteiger partial charge in [-0.1, -0.05) is 22.0 Å². The highest BCUT2D eigenvalue weighted by Crippen LogP contribution is 2.25. The number of hydrogen-bond acceptors (Lipinski definition) is 7. The number of hydrogen-bond donors (Lipinski definition) is 2. The van der Waals surface area contributed by atoms with Crippen LogP contribution in [0.3, 0.4) is 0 Å². The molecule has 3 aromatic rings. The second kappa shape index (κ2) is 9.05. The van der Waals surface area contributed by atoms with Crippen LogP contribution in [-0.2, 0) is 14.3 Å². The minimum absolute atomic E-state index is 0.241. The van der Waals surface area contributed by atoms with Gasteiger partial charge in [-0.05, 0) is 31.2 Å².